The molecule has 0 N–H and O–H groups in total. The molecule has 0 aliphatic heterocycles. The Morgan fingerprint density at radius 1 is 0.725 bits per heavy atom. The number of fused-ring (bicyclic) bond motifs is 2. The van der Waals surface area contributed by atoms with Gasteiger partial charge in [-0.2, -0.15) is 0 Å². The van der Waals surface area contributed by atoms with E-state index in [-0.39, 0.29) is 5.41 Å². The largest absolute Gasteiger partial charge is 0.255 e. The van der Waals surface area contributed by atoms with Gasteiger partial charge in [0.25, 0.3) is 0 Å². The van der Waals surface area contributed by atoms with E-state index in [2.05, 4.69) is 133 Å². The van der Waals surface area contributed by atoms with Crippen LogP contribution in [0, 0.1) is 12.3 Å². The summed E-state index contributed by atoms with van der Waals surface area (Å²) >= 11 is 1.87. The third kappa shape index (κ3) is 5.09. The zero-order valence-corrected chi connectivity index (χ0v) is 25.2. The standard InChI is InChI=1S/C38H37NS/c1-24(2)34-22-31(21-30-20-29(16-17-33(30)34)27-10-8-7-9-11-27)35-37-32(18-19-39-35)25(3)36(40-37)28-14-12-26(13-15-28)23-38(4,5)6/h7-22,24H,23H2,1-6H3. The van der Waals surface area contributed by atoms with E-state index >= 15 is 0 Å². The van der Waals surface area contributed by atoms with E-state index in [4.69, 9.17) is 4.98 Å². The second-order valence-electron chi connectivity index (χ2n) is 12.5. The van der Waals surface area contributed by atoms with Gasteiger partial charge in [0.15, 0.2) is 0 Å². The fourth-order valence-corrected chi connectivity index (χ4v) is 7.16. The Labute approximate surface area is 242 Å². The van der Waals surface area contributed by atoms with Crippen LogP contribution in [0.2, 0.25) is 0 Å². The lowest BCUT2D eigenvalue weighted by Gasteiger charge is -2.18. The number of hydrogen-bond acceptors (Lipinski definition) is 2. The van der Waals surface area contributed by atoms with Gasteiger partial charge in [0.2, 0.25) is 0 Å². The fraction of sp³-hybridized carbons (Fsp3) is 0.237. The van der Waals surface area contributed by atoms with E-state index in [9.17, 15) is 0 Å². The molecule has 2 aromatic heterocycles. The normalized spacial score (nSPS) is 12.1. The molecule has 0 fully saturated rings. The van der Waals surface area contributed by atoms with Gasteiger partial charge in [-0.3, -0.25) is 4.98 Å². The summed E-state index contributed by atoms with van der Waals surface area (Å²) < 4.78 is 1.27. The van der Waals surface area contributed by atoms with Gasteiger partial charge in [0, 0.05) is 16.6 Å². The van der Waals surface area contributed by atoms with Crippen molar-refractivity contribution in [1.82, 2.24) is 4.98 Å². The monoisotopic (exact) mass is 539 g/mol. The first-order chi connectivity index (χ1) is 19.2. The molecule has 0 amide bonds. The summed E-state index contributed by atoms with van der Waals surface area (Å²) in [5.41, 5.74) is 10.4. The number of thiophene rings is 1. The molecule has 0 bridgehead atoms. The summed E-state index contributed by atoms with van der Waals surface area (Å²) in [6.45, 7) is 13.7. The molecule has 1 nitrogen and oxygen atoms in total. The highest BCUT2D eigenvalue weighted by Crippen LogP contribution is 2.43. The van der Waals surface area contributed by atoms with Gasteiger partial charge in [-0.15, -0.1) is 11.3 Å². The van der Waals surface area contributed by atoms with E-state index in [1.165, 1.54) is 64.7 Å². The number of benzene rings is 4. The van der Waals surface area contributed by atoms with Gasteiger partial charge >= 0.3 is 0 Å². The minimum atomic E-state index is 0.284. The predicted octanol–water partition coefficient (Wildman–Crippen LogP) is 11.5. The van der Waals surface area contributed by atoms with Crippen LogP contribution in [0.3, 0.4) is 0 Å². The molecule has 200 valence electrons. The summed E-state index contributed by atoms with van der Waals surface area (Å²) in [6, 6.07) is 33.6. The summed E-state index contributed by atoms with van der Waals surface area (Å²) in [5, 5.41) is 3.89. The molecule has 40 heavy (non-hydrogen) atoms. The van der Waals surface area contributed by atoms with Gasteiger partial charge < -0.3 is 0 Å². The molecule has 0 unspecified atom stereocenters. The number of rotatable bonds is 5. The maximum absolute atomic E-state index is 4.98. The van der Waals surface area contributed by atoms with Crippen molar-refractivity contribution in [1.29, 1.82) is 0 Å². The van der Waals surface area contributed by atoms with Crippen molar-refractivity contribution < 1.29 is 0 Å². The van der Waals surface area contributed by atoms with E-state index < -0.39 is 0 Å². The predicted molar refractivity (Wildman–Crippen MR) is 175 cm³/mol. The van der Waals surface area contributed by atoms with Gasteiger partial charge in [0.05, 0.1) is 10.4 Å². The molecule has 4 aromatic carbocycles. The SMILES string of the molecule is Cc1c(-c2ccc(CC(C)(C)C)cc2)sc2c(-c3cc(C(C)C)c4ccc(-c5ccccc5)cc4c3)nccc12. The molecular weight excluding hydrogens is 502 g/mol. The number of aromatic nitrogens is 1. The van der Waals surface area contributed by atoms with Gasteiger partial charge in [-0.05, 0) is 98.5 Å². The van der Waals surface area contributed by atoms with Crippen LogP contribution in [0.15, 0.2) is 97.2 Å². The highest BCUT2D eigenvalue weighted by molar-refractivity contribution is 7.23. The van der Waals surface area contributed by atoms with Crippen molar-refractivity contribution in [3.63, 3.8) is 0 Å². The second-order valence-corrected chi connectivity index (χ2v) is 13.6. The van der Waals surface area contributed by atoms with E-state index in [1.54, 1.807) is 0 Å². The molecule has 0 aliphatic carbocycles. The Morgan fingerprint density at radius 3 is 2.12 bits per heavy atom. The average Bonchev–Trinajstić information content (AvgIpc) is 3.28. The first kappa shape index (κ1) is 26.5. The summed E-state index contributed by atoms with van der Waals surface area (Å²) in [4.78, 5) is 6.31. The molecule has 0 atom stereocenters. The van der Waals surface area contributed by atoms with Crippen LogP contribution in [0.25, 0.3) is 53.7 Å². The number of pyridine rings is 1. The highest BCUT2D eigenvalue weighted by atomic mass is 32.1. The zero-order chi connectivity index (χ0) is 28.0. The molecule has 6 aromatic rings. The van der Waals surface area contributed by atoms with Crippen molar-refractivity contribution in [3.8, 4) is 32.8 Å². The Bertz CT molecular complexity index is 1820. The first-order valence-electron chi connectivity index (χ1n) is 14.3. The summed E-state index contributed by atoms with van der Waals surface area (Å²) in [6.07, 6.45) is 3.06. The van der Waals surface area contributed by atoms with Crippen LogP contribution in [0.1, 0.15) is 57.2 Å². The van der Waals surface area contributed by atoms with E-state index in [0.29, 0.717) is 5.92 Å². The topological polar surface area (TPSA) is 12.9 Å². The number of hydrogen-bond donors (Lipinski definition) is 0. The van der Waals surface area contributed by atoms with Crippen LogP contribution >= 0.6 is 11.3 Å². The third-order valence-corrected chi connectivity index (χ3v) is 9.15. The number of aryl methyl sites for hydroxylation is 1. The van der Waals surface area contributed by atoms with E-state index in [1.807, 2.05) is 17.5 Å². The molecule has 6 rings (SSSR count). The lowest BCUT2D eigenvalue weighted by molar-refractivity contribution is 0.411. The van der Waals surface area contributed by atoms with Crippen LogP contribution in [0.4, 0.5) is 0 Å². The summed E-state index contributed by atoms with van der Waals surface area (Å²) in [7, 11) is 0. The van der Waals surface area contributed by atoms with Crippen molar-refractivity contribution in [3.05, 3.63) is 114 Å². The maximum atomic E-state index is 4.98. The van der Waals surface area contributed by atoms with Crippen LogP contribution in [-0.2, 0) is 6.42 Å². The van der Waals surface area contributed by atoms with Crippen molar-refractivity contribution in [2.75, 3.05) is 0 Å². The lowest BCUT2D eigenvalue weighted by Crippen LogP contribution is -2.08. The van der Waals surface area contributed by atoms with Crippen molar-refractivity contribution >= 4 is 32.2 Å². The van der Waals surface area contributed by atoms with Gasteiger partial charge in [-0.25, -0.2) is 0 Å². The molecule has 0 saturated carbocycles. The highest BCUT2D eigenvalue weighted by Gasteiger charge is 2.18. The Balaban J connectivity index is 1.48. The smallest absolute Gasteiger partial charge is 0.0880 e. The Hall–Kier alpha value is -3.75. The third-order valence-electron chi connectivity index (χ3n) is 7.79. The Morgan fingerprint density at radius 2 is 1.43 bits per heavy atom. The summed E-state index contributed by atoms with van der Waals surface area (Å²) in [5.74, 6) is 0.413. The lowest BCUT2D eigenvalue weighted by atomic mass is 9.88. The quantitative estimate of drug-likeness (QED) is 0.212. The molecule has 0 saturated heterocycles. The first-order valence-corrected chi connectivity index (χ1v) is 15.1. The maximum Gasteiger partial charge on any atom is 0.0880 e. The fourth-order valence-electron chi connectivity index (χ4n) is 5.84. The minimum absolute atomic E-state index is 0.284. The van der Waals surface area contributed by atoms with E-state index in [0.717, 1.165) is 12.1 Å². The van der Waals surface area contributed by atoms with Crippen molar-refractivity contribution in [2.24, 2.45) is 5.41 Å². The number of nitrogens with zero attached hydrogens (tertiary/aromatic N) is 1. The molecule has 0 spiro atoms. The zero-order valence-electron chi connectivity index (χ0n) is 24.4. The van der Waals surface area contributed by atoms with Crippen molar-refractivity contribution in [2.45, 2.75) is 53.9 Å². The molecular formula is C38H37NS. The van der Waals surface area contributed by atoms with Crippen LogP contribution < -0.4 is 0 Å². The van der Waals surface area contributed by atoms with Crippen LogP contribution in [0.5, 0.6) is 0 Å². The van der Waals surface area contributed by atoms with Crippen LogP contribution in [-0.4, -0.2) is 4.98 Å². The second kappa shape index (κ2) is 10.3. The molecule has 2 heterocycles. The molecule has 2 heteroatoms. The molecule has 0 aliphatic rings. The van der Waals surface area contributed by atoms with Gasteiger partial charge in [-0.1, -0.05) is 101 Å². The van der Waals surface area contributed by atoms with Gasteiger partial charge in [0.1, 0.15) is 0 Å². The molecule has 0 radical (unpaired) electrons. The Kier molecular flexibility index (Phi) is 6.84. The minimum Gasteiger partial charge on any atom is -0.255 e. The average molecular weight is 540 g/mol.